The van der Waals surface area contributed by atoms with Crippen LogP contribution in [0.25, 0.3) is 10.9 Å². The summed E-state index contributed by atoms with van der Waals surface area (Å²) >= 11 is 0. The summed E-state index contributed by atoms with van der Waals surface area (Å²) < 4.78 is 0. The first-order valence-corrected chi connectivity index (χ1v) is 7.77. The quantitative estimate of drug-likeness (QED) is 0.773. The number of nitrogens with one attached hydrogen (secondary N) is 1. The van der Waals surface area contributed by atoms with Crippen LogP contribution in [0.4, 0.5) is 0 Å². The van der Waals surface area contributed by atoms with Crippen LogP contribution < -0.4 is 0 Å². The van der Waals surface area contributed by atoms with Crippen molar-refractivity contribution in [3.05, 3.63) is 71.4 Å². The SMILES string of the molecule is CCCN1C(=O)c2ccccc2C1c1c[nH]c2ccccc12. The van der Waals surface area contributed by atoms with E-state index < -0.39 is 0 Å². The first kappa shape index (κ1) is 13.1. The highest BCUT2D eigenvalue weighted by Crippen LogP contribution is 2.40. The average Bonchev–Trinajstić information content (AvgIpc) is 3.09. The van der Waals surface area contributed by atoms with Crippen LogP contribution in [-0.4, -0.2) is 22.3 Å². The number of carbonyl (C=O) groups is 1. The second kappa shape index (κ2) is 5.02. The lowest BCUT2D eigenvalue weighted by molar-refractivity contribution is 0.0750. The number of hydrogen-bond donors (Lipinski definition) is 1. The van der Waals surface area contributed by atoms with Gasteiger partial charge in [-0.05, 0) is 24.1 Å². The van der Waals surface area contributed by atoms with Gasteiger partial charge in [0, 0.05) is 34.8 Å². The van der Waals surface area contributed by atoms with E-state index in [-0.39, 0.29) is 11.9 Å². The van der Waals surface area contributed by atoms with Gasteiger partial charge in [-0.2, -0.15) is 0 Å². The number of para-hydroxylation sites is 1. The summed E-state index contributed by atoms with van der Waals surface area (Å²) in [5.74, 6) is 0.146. The zero-order chi connectivity index (χ0) is 15.1. The largest absolute Gasteiger partial charge is 0.361 e. The van der Waals surface area contributed by atoms with Crippen LogP contribution in [0.1, 0.15) is 40.9 Å². The van der Waals surface area contributed by atoms with Crippen molar-refractivity contribution in [2.45, 2.75) is 19.4 Å². The molecule has 1 aliphatic heterocycles. The molecule has 0 fully saturated rings. The number of hydrogen-bond acceptors (Lipinski definition) is 1. The molecule has 1 amide bonds. The minimum Gasteiger partial charge on any atom is -0.361 e. The van der Waals surface area contributed by atoms with Gasteiger partial charge in [0.1, 0.15) is 0 Å². The molecular formula is C19H18N2O. The zero-order valence-electron chi connectivity index (χ0n) is 12.5. The fourth-order valence-corrected chi connectivity index (χ4v) is 3.50. The lowest BCUT2D eigenvalue weighted by atomic mass is 9.97. The molecule has 0 saturated heterocycles. The molecule has 3 nitrogen and oxygen atoms in total. The number of fused-ring (bicyclic) bond motifs is 2. The first-order chi connectivity index (χ1) is 10.8. The van der Waals surface area contributed by atoms with E-state index in [1.807, 2.05) is 41.4 Å². The molecule has 110 valence electrons. The Morgan fingerprint density at radius 3 is 2.68 bits per heavy atom. The van der Waals surface area contributed by atoms with E-state index in [0.717, 1.165) is 29.6 Å². The molecule has 0 aliphatic carbocycles. The Labute approximate surface area is 129 Å². The third-order valence-electron chi connectivity index (χ3n) is 4.44. The van der Waals surface area contributed by atoms with Crippen molar-refractivity contribution in [2.75, 3.05) is 6.54 Å². The summed E-state index contributed by atoms with van der Waals surface area (Å²) in [5.41, 5.74) is 4.25. The molecule has 2 heterocycles. The van der Waals surface area contributed by atoms with Gasteiger partial charge in [-0.1, -0.05) is 43.3 Å². The molecule has 0 spiro atoms. The second-order valence-electron chi connectivity index (χ2n) is 5.78. The van der Waals surface area contributed by atoms with Gasteiger partial charge in [-0.15, -0.1) is 0 Å². The summed E-state index contributed by atoms with van der Waals surface area (Å²) in [5, 5.41) is 1.19. The smallest absolute Gasteiger partial charge is 0.255 e. The lowest BCUT2D eigenvalue weighted by Crippen LogP contribution is -2.29. The molecule has 1 unspecified atom stereocenters. The number of aromatic amines is 1. The summed E-state index contributed by atoms with van der Waals surface area (Å²) in [6.07, 6.45) is 3.01. The molecule has 0 radical (unpaired) electrons. The van der Waals surface area contributed by atoms with Crippen LogP contribution in [0.15, 0.2) is 54.7 Å². The van der Waals surface area contributed by atoms with Crippen molar-refractivity contribution in [3.63, 3.8) is 0 Å². The Kier molecular flexibility index (Phi) is 3.00. The van der Waals surface area contributed by atoms with E-state index in [9.17, 15) is 4.79 Å². The van der Waals surface area contributed by atoms with E-state index in [2.05, 4.69) is 30.1 Å². The minimum atomic E-state index is 0.0137. The molecule has 0 bridgehead atoms. The molecule has 3 heteroatoms. The van der Waals surface area contributed by atoms with Crippen molar-refractivity contribution < 1.29 is 4.79 Å². The molecule has 4 rings (SSSR count). The molecule has 1 N–H and O–H groups in total. The average molecular weight is 290 g/mol. The number of nitrogens with zero attached hydrogens (tertiary/aromatic N) is 1. The highest BCUT2D eigenvalue weighted by Gasteiger charge is 2.37. The highest BCUT2D eigenvalue weighted by molar-refractivity contribution is 6.00. The van der Waals surface area contributed by atoms with Crippen LogP contribution in [0, 0.1) is 0 Å². The van der Waals surface area contributed by atoms with Crippen LogP contribution in [0.5, 0.6) is 0 Å². The number of carbonyl (C=O) groups excluding carboxylic acids is 1. The van der Waals surface area contributed by atoms with E-state index in [4.69, 9.17) is 0 Å². The van der Waals surface area contributed by atoms with Gasteiger partial charge >= 0.3 is 0 Å². The topological polar surface area (TPSA) is 36.1 Å². The Morgan fingerprint density at radius 1 is 1.05 bits per heavy atom. The summed E-state index contributed by atoms with van der Waals surface area (Å²) in [4.78, 5) is 18.1. The molecule has 1 aromatic heterocycles. The summed E-state index contributed by atoms with van der Waals surface area (Å²) in [7, 11) is 0. The molecule has 1 aliphatic rings. The number of H-pyrrole nitrogens is 1. The number of rotatable bonds is 3. The summed E-state index contributed by atoms with van der Waals surface area (Å²) in [6, 6.07) is 16.3. The predicted octanol–water partition coefficient (Wildman–Crippen LogP) is 4.12. The highest BCUT2D eigenvalue weighted by atomic mass is 16.2. The van der Waals surface area contributed by atoms with Crippen molar-refractivity contribution in [1.29, 1.82) is 0 Å². The van der Waals surface area contributed by atoms with Gasteiger partial charge in [0.05, 0.1) is 6.04 Å². The van der Waals surface area contributed by atoms with E-state index in [1.165, 1.54) is 10.9 Å². The third kappa shape index (κ3) is 1.78. The second-order valence-corrected chi connectivity index (χ2v) is 5.78. The fourth-order valence-electron chi connectivity index (χ4n) is 3.50. The van der Waals surface area contributed by atoms with Gasteiger partial charge in [0.15, 0.2) is 0 Å². The maximum atomic E-state index is 12.7. The van der Waals surface area contributed by atoms with Crippen LogP contribution in [-0.2, 0) is 0 Å². The van der Waals surface area contributed by atoms with Crippen molar-refractivity contribution in [3.8, 4) is 0 Å². The Morgan fingerprint density at radius 2 is 1.82 bits per heavy atom. The van der Waals surface area contributed by atoms with E-state index >= 15 is 0 Å². The third-order valence-corrected chi connectivity index (χ3v) is 4.44. The van der Waals surface area contributed by atoms with Crippen molar-refractivity contribution in [2.24, 2.45) is 0 Å². The molecular weight excluding hydrogens is 272 g/mol. The van der Waals surface area contributed by atoms with Gasteiger partial charge in [-0.25, -0.2) is 0 Å². The van der Waals surface area contributed by atoms with Crippen molar-refractivity contribution in [1.82, 2.24) is 9.88 Å². The van der Waals surface area contributed by atoms with Gasteiger partial charge in [0.25, 0.3) is 5.91 Å². The minimum absolute atomic E-state index is 0.0137. The molecule has 0 saturated carbocycles. The maximum absolute atomic E-state index is 12.7. The van der Waals surface area contributed by atoms with E-state index in [1.54, 1.807) is 0 Å². The first-order valence-electron chi connectivity index (χ1n) is 7.77. The van der Waals surface area contributed by atoms with Gasteiger partial charge in [-0.3, -0.25) is 4.79 Å². The zero-order valence-corrected chi connectivity index (χ0v) is 12.5. The Hall–Kier alpha value is -2.55. The number of benzene rings is 2. The fraction of sp³-hybridized carbons (Fsp3) is 0.211. The predicted molar refractivity (Wildman–Crippen MR) is 87.9 cm³/mol. The Bertz CT molecular complexity index is 849. The standard InChI is InChI=1S/C19H18N2O/c1-2-11-21-18(14-8-3-4-9-15(14)19(21)22)16-12-20-17-10-6-5-7-13(16)17/h3-10,12,18,20H,2,11H2,1H3. The maximum Gasteiger partial charge on any atom is 0.255 e. The lowest BCUT2D eigenvalue weighted by Gasteiger charge is -2.24. The summed E-state index contributed by atoms with van der Waals surface area (Å²) in [6.45, 7) is 2.89. The number of amides is 1. The van der Waals surface area contributed by atoms with Gasteiger partial charge < -0.3 is 9.88 Å². The normalized spacial score (nSPS) is 17.2. The Balaban J connectivity index is 1.93. The van der Waals surface area contributed by atoms with Crippen LogP contribution in [0.2, 0.25) is 0 Å². The van der Waals surface area contributed by atoms with Crippen molar-refractivity contribution >= 4 is 16.8 Å². The number of aromatic nitrogens is 1. The molecule has 3 aromatic rings. The van der Waals surface area contributed by atoms with E-state index in [0.29, 0.717) is 0 Å². The monoisotopic (exact) mass is 290 g/mol. The molecule has 2 aromatic carbocycles. The molecule has 22 heavy (non-hydrogen) atoms. The van der Waals surface area contributed by atoms with Gasteiger partial charge in [0.2, 0.25) is 0 Å². The van der Waals surface area contributed by atoms with Crippen LogP contribution in [0.3, 0.4) is 0 Å². The molecule has 1 atom stereocenters. The van der Waals surface area contributed by atoms with Crippen LogP contribution >= 0.6 is 0 Å².